The molecular formula is C4H6ClFN2. The van der Waals surface area contributed by atoms with E-state index in [2.05, 4.69) is 5.10 Å². The molecule has 0 saturated carbocycles. The van der Waals surface area contributed by atoms with Crippen LogP contribution in [-0.4, -0.2) is 9.78 Å². The number of hydrogen-bond acceptors (Lipinski definition) is 1. The molecule has 0 N–H and O–H groups in total. The second kappa shape index (κ2) is 3.43. The van der Waals surface area contributed by atoms with Gasteiger partial charge in [0.15, 0.2) is 6.80 Å². The van der Waals surface area contributed by atoms with Gasteiger partial charge in [-0.3, -0.25) is 0 Å². The summed E-state index contributed by atoms with van der Waals surface area (Å²) in [6, 6.07) is 1.68. The van der Waals surface area contributed by atoms with Crippen molar-refractivity contribution in [1.29, 1.82) is 0 Å². The summed E-state index contributed by atoms with van der Waals surface area (Å²) < 4.78 is 12.7. The third-order valence-electron chi connectivity index (χ3n) is 0.682. The Morgan fingerprint density at radius 2 is 2.38 bits per heavy atom. The molecule has 0 unspecified atom stereocenters. The summed E-state index contributed by atoms with van der Waals surface area (Å²) in [5.74, 6) is 0. The van der Waals surface area contributed by atoms with E-state index in [4.69, 9.17) is 0 Å². The lowest BCUT2D eigenvalue weighted by Crippen LogP contribution is -1.90. The van der Waals surface area contributed by atoms with E-state index in [1.807, 2.05) is 0 Å². The minimum absolute atomic E-state index is 0. The molecule has 0 amide bonds. The summed E-state index contributed by atoms with van der Waals surface area (Å²) >= 11 is 0. The summed E-state index contributed by atoms with van der Waals surface area (Å²) in [5.41, 5.74) is 0. The van der Waals surface area contributed by atoms with Crippen LogP contribution in [0.2, 0.25) is 0 Å². The molecule has 0 bridgehead atoms. The van der Waals surface area contributed by atoms with Crippen LogP contribution in [0.25, 0.3) is 0 Å². The number of halogens is 2. The van der Waals surface area contributed by atoms with Crippen LogP contribution in [0.1, 0.15) is 0 Å². The summed E-state index contributed by atoms with van der Waals surface area (Å²) in [5, 5.41) is 3.58. The smallest absolute Gasteiger partial charge is 0.181 e. The third-order valence-corrected chi connectivity index (χ3v) is 0.682. The van der Waals surface area contributed by atoms with E-state index in [0.29, 0.717) is 0 Å². The molecule has 0 aromatic carbocycles. The highest BCUT2D eigenvalue weighted by molar-refractivity contribution is 5.85. The molecule has 0 aliphatic carbocycles. The van der Waals surface area contributed by atoms with E-state index < -0.39 is 6.80 Å². The van der Waals surface area contributed by atoms with Crippen LogP contribution in [0, 0.1) is 0 Å². The lowest BCUT2D eigenvalue weighted by Gasteiger charge is -1.84. The van der Waals surface area contributed by atoms with Gasteiger partial charge in [-0.15, -0.1) is 12.4 Å². The van der Waals surface area contributed by atoms with E-state index in [-0.39, 0.29) is 12.4 Å². The van der Waals surface area contributed by atoms with Crippen LogP contribution < -0.4 is 0 Å². The van der Waals surface area contributed by atoms with Crippen molar-refractivity contribution in [1.82, 2.24) is 9.78 Å². The Morgan fingerprint density at radius 3 is 2.62 bits per heavy atom. The van der Waals surface area contributed by atoms with Crippen LogP contribution >= 0.6 is 12.4 Å². The Hall–Kier alpha value is -0.570. The van der Waals surface area contributed by atoms with Crippen molar-refractivity contribution in [2.24, 2.45) is 0 Å². The number of alkyl halides is 1. The normalized spacial score (nSPS) is 8.12. The molecule has 1 aromatic heterocycles. The second-order valence-electron chi connectivity index (χ2n) is 1.17. The Morgan fingerprint density at radius 1 is 1.62 bits per heavy atom. The van der Waals surface area contributed by atoms with Crippen molar-refractivity contribution in [3.63, 3.8) is 0 Å². The molecule has 2 nitrogen and oxygen atoms in total. The fraction of sp³-hybridized carbons (Fsp3) is 0.250. The van der Waals surface area contributed by atoms with Crippen molar-refractivity contribution in [2.75, 3.05) is 0 Å². The van der Waals surface area contributed by atoms with Crippen LogP contribution in [-0.2, 0) is 6.80 Å². The van der Waals surface area contributed by atoms with E-state index in [1.165, 1.54) is 4.68 Å². The first-order valence-corrected chi connectivity index (χ1v) is 1.97. The zero-order valence-corrected chi connectivity index (χ0v) is 4.94. The predicted molar refractivity (Wildman–Crippen MR) is 30.6 cm³/mol. The Balaban J connectivity index is 0.000000490. The van der Waals surface area contributed by atoms with Gasteiger partial charge < -0.3 is 0 Å². The molecule has 0 radical (unpaired) electrons. The van der Waals surface area contributed by atoms with Gasteiger partial charge in [-0.25, -0.2) is 9.07 Å². The molecule has 0 aliphatic heterocycles. The number of aromatic nitrogens is 2. The highest BCUT2D eigenvalue weighted by Crippen LogP contribution is 1.81. The maximum atomic E-state index is 11.5. The fourth-order valence-corrected chi connectivity index (χ4v) is 0.371. The highest BCUT2D eigenvalue weighted by atomic mass is 35.5. The van der Waals surface area contributed by atoms with Crippen LogP contribution in [0.4, 0.5) is 4.39 Å². The SMILES string of the molecule is Cl.FCn1cccn1. The van der Waals surface area contributed by atoms with E-state index in [9.17, 15) is 4.39 Å². The molecule has 0 saturated heterocycles. The number of nitrogens with zero attached hydrogens (tertiary/aromatic N) is 2. The van der Waals surface area contributed by atoms with Gasteiger partial charge in [0.05, 0.1) is 0 Å². The average molecular weight is 137 g/mol. The van der Waals surface area contributed by atoms with Crippen LogP contribution in [0.3, 0.4) is 0 Å². The van der Waals surface area contributed by atoms with Crippen molar-refractivity contribution in [3.8, 4) is 0 Å². The van der Waals surface area contributed by atoms with Crippen LogP contribution in [0.15, 0.2) is 18.5 Å². The van der Waals surface area contributed by atoms with E-state index in [1.54, 1.807) is 18.5 Å². The summed E-state index contributed by atoms with van der Waals surface area (Å²) in [4.78, 5) is 0. The summed E-state index contributed by atoms with van der Waals surface area (Å²) in [7, 11) is 0. The average Bonchev–Trinajstić information content (AvgIpc) is 2.14. The predicted octanol–water partition coefficient (Wildman–Crippen LogP) is 1.23. The monoisotopic (exact) mass is 136 g/mol. The molecule has 0 fully saturated rings. The molecule has 8 heavy (non-hydrogen) atoms. The zero-order chi connectivity index (χ0) is 5.11. The topological polar surface area (TPSA) is 17.8 Å². The maximum absolute atomic E-state index is 11.5. The van der Waals surface area contributed by atoms with Gasteiger partial charge >= 0.3 is 0 Å². The Kier molecular flexibility index (Phi) is 3.19. The lowest BCUT2D eigenvalue weighted by molar-refractivity contribution is 0.350. The molecule has 0 spiro atoms. The largest absolute Gasteiger partial charge is 0.242 e. The highest BCUT2D eigenvalue weighted by Gasteiger charge is 1.80. The molecular weight excluding hydrogens is 131 g/mol. The van der Waals surface area contributed by atoms with Gasteiger partial charge in [-0.2, -0.15) is 5.10 Å². The van der Waals surface area contributed by atoms with Gasteiger partial charge in [-0.1, -0.05) is 0 Å². The standard InChI is InChI=1S/C4H5FN2.ClH/c5-4-7-3-1-2-6-7;/h1-3H,4H2;1H. The first kappa shape index (κ1) is 7.43. The number of hydrogen-bond donors (Lipinski definition) is 0. The van der Waals surface area contributed by atoms with Crippen molar-refractivity contribution >= 4 is 12.4 Å². The second-order valence-corrected chi connectivity index (χ2v) is 1.17. The lowest BCUT2D eigenvalue weighted by atomic mass is 10.8. The van der Waals surface area contributed by atoms with Crippen LogP contribution in [0.5, 0.6) is 0 Å². The van der Waals surface area contributed by atoms with Crippen molar-refractivity contribution in [3.05, 3.63) is 18.5 Å². The molecule has 1 heterocycles. The van der Waals surface area contributed by atoms with E-state index >= 15 is 0 Å². The van der Waals surface area contributed by atoms with Gasteiger partial charge in [0.25, 0.3) is 0 Å². The molecule has 46 valence electrons. The van der Waals surface area contributed by atoms with E-state index in [0.717, 1.165) is 0 Å². The zero-order valence-electron chi connectivity index (χ0n) is 4.12. The number of rotatable bonds is 1. The maximum Gasteiger partial charge on any atom is 0.181 e. The van der Waals surface area contributed by atoms with Crippen molar-refractivity contribution in [2.45, 2.75) is 6.80 Å². The first-order valence-electron chi connectivity index (χ1n) is 1.97. The summed E-state index contributed by atoms with van der Waals surface area (Å²) in [6.45, 7) is -0.535. The molecule has 0 atom stereocenters. The minimum Gasteiger partial charge on any atom is -0.242 e. The summed E-state index contributed by atoms with van der Waals surface area (Å²) in [6.07, 6.45) is 3.11. The Bertz CT molecular complexity index is 129. The third kappa shape index (κ3) is 1.50. The fourth-order valence-electron chi connectivity index (χ4n) is 0.371. The molecule has 0 aliphatic rings. The minimum atomic E-state index is -0.535. The molecule has 1 rings (SSSR count). The van der Waals surface area contributed by atoms with Gasteiger partial charge in [-0.05, 0) is 6.07 Å². The quantitative estimate of drug-likeness (QED) is 0.568. The van der Waals surface area contributed by atoms with Gasteiger partial charge in [0.2, 0.25) is 0 Å². The van der Waals surface area contributed by atoms with Gasteiger partial charge in [0.1, 0.15) is 0 Å². The molecule has 4 heteroatoms. The molecule has 1 aromatic rings. The Labute approximate surface area is 52.7 Å². The first-order chi connectivity index (χ1) is 3.43. The van der Waals surface area contributed by atoms with Gasteiger partial charge in [0, 0.05) is 12.4 Å². The van der Waals surface area contributed by atoms with Crippen molar-refractivity contribution < 1.29 is 4.39 Å².